The van der Waals surface area contributed by atoms with Crippen LogP contribution in [0.4, 0.5) is 0 Å². The number of ether oxygens (including phenoxy) is 1. The number of halogens is 1. The van der Waals surface area contributed by atoms with E-state index >= 15 is 0 Å². The summed E-state index contributed by atoms with van der Waals surface area (Å²) in [6.07, 6.45) is 6.88. The predicted molar refractivity (Wildman–Crippen MR) is 142 cm³/mol. The summed E-state index contributed by atoms with van der Waals surface area (Å²) < 4.78 is 11.7. The second-order valence-electron chi connectivity index (χ2n) is 10.8. The van der Waals surface area contributed by atoms with Crippen LogP contribution in [0, 0.1) is 12.8 Å². The molecule has 2 unspecified atom stereocenters. The van der Waals surface area contributed by atoms with E-state index in [0.717, 1.165) is 72.6 Å². The number of rotatable bonds is 4. The van der Waals surface area contributed by atoms with Crippen LogP contribution in [0.15, 0.2) is 45.6 Å². The lowest BCUT2D eigenvalue weighted by molar-refractivity contribution is -0.157. The number of nitrogens with zero attached hydrogens (tertiary/aromatic N) is 1. The van der Waals surface area contributed by atoms with E-state index in [4.69, 9.17) is 20.8 Å². The van der Waals surface area contributed by atoms with Crippen LogP contribution in [0.3, 0.4) is 0 Å². The number of aryl methyl sites for hydroxylation is 2. The lowest BCUT2D eigenvalue weighted by atomic mass is 9.66. The van der Waals surface area contributed by atoms with Crippen LogP contribution in [0.5, 0.6) is 5.75 Å². The SMILES string of the molecule is Cc1c(OCC(=O)N2CCC3(O)CCCCC3[C@@H]2c2ccc(Cl)cc2)ccc2c3c(c(=O)oc12)CCC3. The van der Waals surface area contributed by atoms with Crippen molar-refractivity contribution in [2.24, 2.45) is 5.92 Å². The lowest BCUT2D eigenvalue weighted by Gasteiger charge is -2.52. The highest BCUT2D eigenvalue weighted by molar-refractivity contribution is 6.30. The van der Waals surface area contributed by atoms with Crippen LogP contribution < -0.4 is 10.4 Å². The van der Waals surface area contributed by atoms with Gasteiger partial charge in [0.25, 0.3) is 5.91 Å². The maximum absolute atomic E-state index is 13.6. The normalized spacial score (nSPS) is 25.1. The van der Waals surface area contributed by atoms with Crippen LogP contribution in [0.25, 0.3) is 11.0 Å². The molecule has 0 radical (unpaired) electrons. The molecule has 6 rings (SSSR count). The fourth-order valence-corrected chi connectivity index (χ4v) is 7.00. The molecule has 37 heavy (non-hydrogen) atoms. The molecule has 3 atom stereocenters. The highest BCUT2D eigenvalue weighted by Crippen LogP contribution is 2.49. The minimum Gasteiger partial charge on any atom is -0.483 e. The number of benzene rings is 2. The number of carbonyl (C=O) groups excluding carboxylic acids is 1. The predicted octanol–water partition coefficient (Wildman–Crippen LogP) is 5.52. The first kappa shape index (κ1) is 24.5. The third kappa shape index (κ3) is 4.24. The molecule has 194 valence electrons. The molecule has 2 fully saturated rings. The molecule has 0 bridgehead atoms. The van der Waals surface area contributed by atoms with Gasteiger partial charge in [0.05, 0.1) is 11.6 Å². The van der Waals surface area contributed by atoms with Gasteiger partial charge in [0, 0.05) is 34.0 Å². The zero-order chi connectivity index (χ0) is 25.7. The molecule has 0 spiro atoms. The van der Waals surface area contributed by atoms with Crippen molar-refractivity contribution in [2.45, 2.75) is 69.9 Å². The summed E-state index contributed by atoms with van der Waals surface area (Å²) >= 11 is 6.15. The minimum absolute atomic E-state index is 0.0288. The van der Waals surface area contributed by atoms with E-state index < -0.39 is 5.60 Å². The Morgan fingerprint density at radius 2 is 1.89 bits per heavy atom. The first-order valence-electron chi connectivity index (χ1n) is 13.3. The van der Waals surface area contributed by atoms with Gasteiger partial charge in [-0.3, -0.25) is 4.79 Å². The Balaban J connectivity index is 1.27. The summed E-state index contributed by atoms with van der Waals surface area (Å²) in [5.41, 5.74) is 3.10. The Kier molecular flexibility index (Phi) is 6.28. The van der Waals surface area contributed by atoms with E-state index in [2.05, 4.69) is 0 Å². The third-order valence-corrected chi connectivity index (χ3v) is 9.04. The highest BCUT2D eigenvalue weighted by Gasteiger charge is 2.50. The minimum atomic E-state index is -0.757. The first-order valence-corrected chi connectivity index (χ1v) is 13.7. The van der Waals surface area contributed by atoms with Gasteiger partial charge in [-0.2, -0.15) is 0 Å². The molecular weight excluding hydrogens is 490 g/mol. The molecule has 2 aliphatic carbocycles. The van der Waals surface area contributed by atoms with Crippen molar-refractivity contribution < 1.29 is 19.1 Å². The van der Waals surface area contributed by atoms with Gasteiger partial charge in [-0.25, -0.2) is 4.79 Å². The van der Waals surface area contributed by atoms with Crippen molar-refractivity contribution in [2.75, 3.05) is 13.2 Å². The molecule has 3 aliphatic rings. The van der Waals surface area contributed by atoms with Crippen LogP contribution in [0.1, 0.15) is 66.8 Å². The Bertz CT molecular complexity index is 1410. The number of likely N-dealkylation sites (tertiary alicyclic amines) is 1. The fraction of sp³-hybridized carbons (Fsp3) is 0.467. The molecule has 1 aliphatic heterocycles. The first-order chi connectivity index (χ1) is 17.9. The van der Waals surface area contributed by atoms with Gasteiger partial charge in [0.15, 0.2) is 6.61 Å². The molecule has 2 aromatic carbocycles. The monoisotopic (exact) mass is 521 g/mol. The fourth-order valence-electron chi connectivity index (χ4n) is 6.88. The maximum Gasteiger partial charge on any atom is 0.339 e. The van der Waals surface area contributed by atoms with Crippen molar-refractivity contribution >= 4 is 28.5 Å². The van der Waals surface area contributed by atoms with Gasteiger partial charge in [-0.15, -0.1) is 0 Å². The number of aliphatic hydroxyl groups is 1. The Morgan fingerprint density at radius 1 is 1.11 bits per heavy atom. The van der Waals surface area contributed by atoms with E-state index in [9.17, 15) is 14.7 Å². The zero-order valence-electron chi connectivity index (χ0n) is 21.1. The molecule has 6 nitrogen and oxygen atoms in total. The molecule has 1 saturated heterocycles. The topological polar surface area (TPSA) is 80.0 Å². The summed E-state index contributed by atoms with van der Waals surface area (Å²) in [5.74, 6) is 0.387. The summed E-state index contributed by atoms with van der Waals surface area (Å²) in [4.78, 5) is 28.0. The van der Waals surface area contributed by atoms with Crippen molar-refractivity contribution in [3.05, 3.63) is 74.1 Å². The van der Waals surface area contributed by atoms with E-state index in [1.807, 2.05) is 48.2 Å². The maximum atomic E-state index is 13.6. The Labute approximate surface area is 221 Å². The average Bonchev–Trinajstić information content (AvgIpc) is 3.39. The molecule has 1 aromatic heterocycles. The van der Waals surface area contributed by atoms with E-state index in [-0.39, 0.29) is 30.1 Å². The molecule has 2 heterocycles. The number of fused-ring (bicyclic) bond motifs is 4. The van der Waals surface area contributed by atoms with E-state index in [1.165, 1.54) is 0 Å². The van der Waals surface area contributed by atoms with Crippen LogP contribution in [-0.2, 0) is 17.6 Å². The van der Waals surface area contributed by atoms with Crippen molar-refractivity contribution in [1.82, 2.24) is 4.90 Å². The van der Waals surface area contributed by atoms with E-state index in [1.54, 1.807) is 0 Å². The zero-order valence-corrected chi connectivity index (χ0v) is 21.9. The van der Waals surface area contributed by atoms with Crippen molar-refractivity contribution in [3.63, 3.8) is 0 Å². The van der Waals surface area contributed by atoms with Gasteiger partial charge in [0.1, 0.15) is 11.3 Å². The Hall–Kier alpha value is -2.83. The standard InChI is InChI=1S/C30H32ClNO5/c1-18-25(13-12-22-21-5-4-6-23(21)29(34)37-28(18)22)36-17-26(33)32-16-15-30(35)14-3-2-7-24(30)27(32)19-8-10-20(31)11-9-19/h8-13,24,27,35H,2-7,14-17H2,1H3/t24?,27-,30?/m0/s1. The second kappa shape index (κ2) is 9.48. The van der Waals surface area contributed by atoms with Crippen LogP contribution >= 0.6 is 11.6 Å². The quantitative estimate of drug-likeness (QED) is 0.457. The lowest BCUT2D eigenvalue weighted by Crippen LogP contribution is -2.56. The molecule has 1 N–H and O–H groups in total. The van der Waals surface area contributed by atoms with Crippen LogP contribution in [0.2, 0.25) is 5.02 Å². The number of piperidine rings is 1. The van der Waals surface area contributed by atoms with Crippen LogP contribution in [-0.4, -0.2) is 34.7 Å². The third-order valence-electron chi connectivity index (χ3n) is 8.79. The number of hydrogen-bond donors (Lipinski definition) is 1. The summed E-state index contributed by atoms with van der Waals surface area (Å²) in [6.45, 7) is 2.21. The molecule has 1 saturated carbocycles. The highest BCUT2D eigenvalue weighted by atomic mass is 35.5. The molecular formula is C30H32ClNO5. The van der Waals surface area contributed by atoms with Gasteiger partial charge in [-0.05, 0) is 80.8 Å². The number of hydrogen-bond acceptors (Lipinski definition) is 5. The molecule has 3 aromatic rings. The smallest absolute Gasteiger partial charge is 0.339 e. The molecule has 7 heteroatoms. The number of carbonyl (C=O) groups is 1. The van der Waals surface area contributed by atoms with Gasteiger partial charge >= 0.3 is 5.63 Å². The largest absolute Gasteiger partial charge is 0.483 e. The van der Waals surface area contributed by atoms with Gasteiger partial charge < -0.3 is 19.2 Å². The van der Waals surface area contributed by atoms with E-state index in [0.29, 0.717) is 29.3 Å². The Morgan fingerprint density at radius 3 is 2.70 bits per heavy atom. The summed E-state index contributed by atoms with van der Waals surface area (Å²) in [5, 5.41) is 13.1. The van der Waals surface area contributed by atoms with Crippen molar-refractivity contribution in [3.8, 4) is 5.75 Å². The number of amides is 1. The van der Waals surface area contributed by atoms with Crippen molar-refractivity contribution in [1.29, 1.82) is 0 Å². The molecule has 1 amide bonds. The summed E-state index contributed by atoms with van der Waals surface area (Å²) in [6, 6.07) is 11.2. The van der Waals surface area contributed by atoms with Gasteiger partial charge in [0.2, 0.25) is 0 Å². The van der Waals surface area contributed by atoms with Gasteiger partial charge in [-0.1, -0.05) is 36.6 Å². The second-order valence-corrected chi connectivity index (χ2v) is 11.3. The summed E-state index contributed by atoms with van der Waals surface area (Å²) in [7, 11) is 0. The average molecular weight is 522 g/mol.